The van der Waals surface area contributed by atoms with Crippen LogP contribution in [0, 0.1) is 0 Å². The van der Waals surface area contributed by atoms with Gasteiger partial charge in [-0.3, -0.25) is 4.79 Å². The Morgan fingerprint density at radius 1 is 1.47 bits per heavy atom. The van der Waals surface area contributed by atoms with Gasteiger partial charge in [0.2, 0.25) is 0 Å². The van der Waals surface area contributed by atoms with Gasteiger partial charge >= 0.3 is 5.97 Å². The number of aliphatic carboxylic acids is 1. The van der Waals surface area contributed by atoms with E-state index in [4.69, 9.17) is 16.7 Å². The Bertz CT molecular complexity index is 368. The average Bonchev–Trinajstić information content (AvgIpc) is 1.99. The van der Waals surface area contributed by atoms with E-state index in [0.29, 0.717) is 10.6 Å². The Labute approximate surface area is 93.3 Å². The van der Waals surface area contributed by atoms with Crippen LogP contribution in [0.1, 0.15) is 25.3 Å². The van der Waals surface area contributed by atoms with E-state index in [9.17, 15) is 9.90 Å². The Kier molecular flexibility index (Phi) is 3.37. The van der Waals surface area contributed by atoms with Gasteiger partial charge in [-0.2, -0.15) is 0 Å². The fourth-order valence-corrected chi connectivity index (χ4v) is 1.74. The summed E-state index contributed by atoms with van der Waals surface area (Å²) in [5, 5.41) is 19.3. The Hall–Kier alpha value is -1.06. The fourth-order valence-electron chi connectivity index (χ4n) is 1.54. The van der Waals surface area contributed by atoms with Gasteiger partial charge in [-0.05, 0) is 31.5 Å². The molecule has 0 bridgehead atoms. The molecular weight excluding hydrogens is 216 g/mol. The number of halogens is 1. The van der Waals surface area contributed by atoms with Gasteiger partial charge in [-0.15, -0.1) is 0 Å². The quantitative estimate of drug-likeness (QED) is 0.835. The number of hydrogen-bond acceptors (Lipinski definition) is 2. The van der Waals surface area contributed by atoms with Crippen LogP contribution < -0.4 is 0 Å². The lowest BCUT2D eigenvalue weighted by molar-refractivity contribution is -0.144. The van der Waals surface area contributed by atoms with Crippen LogP contribution in [0.4, 0.5) is 0 Å². The van der Waals surface area contributed by atoms with E-state index in [1.54, 1.807) is 24.3 Å². The number of carboxylic acid groups (broad SMARTS) is 1. The van der Waals surface area contributed by atoms with Crippen molar-refractivity contribution in [2.45, 2.75) is 25.4 Å². The van der Waals surface area contributed by atoms with Crippen molar-refractivity contribution in [3.05, 3.63) is 34.9 Å². The third kappa shape index (κ3) is 2.94. The first-order valence-corrected chi connectivity index (χ1v) is 4.91. The molecule has 15 heavy (non-hydrogen) atoms. The first-order valence-electron chi connectivity index (χ1n) is 4.53. The second kappa shape index (κ2) is 4.21. The van der Waals surface area contributed by atoms with E-state index < -0.39 is 17.5 Å². The molecule has 82 valence electrons. The highest BCUT2D eigenvalue weighted by Crippen LogP contribution is 2.29. The summed E-state index contributed by atoms with van der Waals surface area (Å²) in [7, 11) is 0. The van der Waals surface area contributed by atoms with Crippen LogP contribution >= 0.6 is 11.6 Å². The molecule has 0 heterocycles. The lowest BCUT2D eigenvalue weighted by atomic mass is 9.85. The van der Waals surface area contributed by atoms with Crippen molar-refractivity contribution in [2.24, 2.45) is 0 Å². The molecular formula is C11H13ClO3. The maximum atomic E-state index is 11.1. The second-order valence-electron chi connectivity index (χ2n) is 3.98. The number of carboxylic acids is 1. The summed E-state index contributed by atoms with van der Waals surface area (Å²) in [5.41, 5.74) is -0.821. The molecule has 0 aliphatic heterocycles. The molecule has 0 radical (unpaired) electrons. The smallest absolute Gasteiger partial charge is 0.313 e. The summed E-state index contributed by atoms with van der Waals surface area (Å²) >= 11 is 5.77. The van der Waals surface area contributed by atoms with Crippen molar-refractivity contribution < 1.29 is 15.0 Å². The lowest BCUT2D eigenvalue weighted by Crippen LogP contribution is -2.34. The topological polar surface area (TPSA) is 57.5 Å². The van der Waals surface area contributed by atoms with Crippen LogP contribution in [0.5, 0.6) is 0 Å². The number of hydrogen-bond donors (Lipinski definition) is 2. The monoisotopic (exact) mass is 228 g/mol. The van der Waals surface area contributed by atoms with Crippen molar-refractivity contribution in [2.75, 3.05) is 0 Å². The molecule has 4 heteroatoms. The van der Waals surface area contributed by atoms with Gasteiger partial charge in [0.05, 0.1) is 5.60 Å². The van der Waals surface area contributed by atoms with E-state index in [0.717, 1.165) is 0 Å². The molecule has 1 atom stereocenters. The zero-order valence-corrected chi connectivity index (χ0v) is 9.32. The van der Waals surface area contributed by atoms with E-state index >= 15 is 0 Å². The van der Waals surface area contributed by atoms with Crippen LogP contribution in [0.25, 0.3) is 0 Å². The van der Waals surface area contributed by atoms with Crippen molar-refractivity contribution in [3.63, 3.8) is 0 Å². The first kappa shape index (κ1) is 12.0. The van der Waals surface area contributed by atoms with Crippen LogP contribution in [-0.2, 0) is 4.79 Å². The normalized spacial score (nSPS) is 13.6. The Balaban J connectivity index is 3.16. The predicted octanol–water partition coefficient (Wildman–Crippen LogP) is 2.28. The highest BCUT2D eigenvalue weighted by molar-refractivity contribution is 6.30. The van der Waals surface area contributed by atoms with Gasteiger partial charge in [0.15, 0.2) is 0 Å². The molecule has 0 saturated heterocycles. The fraction of sp³-hybridized carbons (Fsp3) is 0.364. The van der Waals surface area contributed by atoms with Crippen molar-refractivity contribution in [1.82, 2.24) is 0 Å². The third-order valence-corrected chi connectivity index (χ3v) is 2.37. The van der Waals surface area contributed by atoms with Gasteiger partial charge < -0.3 is 10.2 Å². The molecule has 3 nitrogen and oxygen atoms in total. The van der Waals surface area contributed by atoms with Crippen molar-refractivity contribution >= 4 is 17.6 Å². The Morgan fingerprint density at radius 3 is 2.47 bits per heavy atom. The van der Waals surface area contributed by atoms with Crippen molar-refractivity contribution in [3.8, 4) is 0 Å². The zero-order valence-electron chi connectivity index (χ0n) is 8.57. The molecule has 1 rings (SSSR count). The largest absolute Gasteiger partial charge is 0.481 e. The summed E-state index contributed by atoms with van der Waals surface area (Å²) in [6.45, 7) is 2.93. The highest BCUT2D eigenvalue weighted by Gasteiger charge is 2.34. The average molecular weight is 229 g/mol. The SMILES string of the molecule is CC(C)(O)C(C(=O)O)c1cccc(Cl)c1. The molecule has 0 fully saturated rings. The molecule has 1 aromatic rings. The van der Waals surface area contributed by atoms with Crippen LogP contribution in [0.2, 0.25) is 5.02 Å². The minimum Gasteiger partial charge on any atom is -0.481 e. The first-order chi connectivity index (χ1) is 6.82. The number of aliphatic hydroxyl groups is 1. The molecule has 0 saturated carbocycles. The molecule has 0 aliphatic carbocycles. The molecule has 1 unspecified atom stereocenters. The number of carbonyl (C=O) groups is 1. The maximum absolute atomic E-state index is 11.1. The van der Waals surface area contributed by atoms with Gasteiger partial charge in [-0.25, -0.2) is 0 Å². The minimum atomic E-state index is -1.32. The molecule has 1 aromatic carbocycles. The number of benzene rings is 1. The van der Waals surface area contributed by atoms with Crippen molar-refractivity contribution in [1.29, 1.82) is 0 Å². The van der Waals surface area contributed by atoms with Crippen LogP contribution in [0.15, 0.2) is 24.3 Å². The van der Waals surface area contributed by atoms with E-state index in [-0.39, 0.29) is 0 Å². The van der Waals surface area contributed by atoms with E-state index in [2.05, 4.69) is 0 Å². The summed E-state index contributed by atoms with van der Waals surface area (Å²) in [6.07, 6.45) is 0. The Morgan fingerprint density at radius 2 is 2.07 bits per heavy atom. The molecule has 0 amide bonds. The molecule has 0 aromatic heterocycles. The van der Waals surface area contributed by atoms with Gasteiger partial charge in [0.25, 0.3) is 0 Å². The molecule has 0 spiro atoms. The summed E-state index contributed by atoms with van der Waals surface area (Å²) in [5.74, 6) is -2.04. The predicted molar refractivity (Wildman–Crippen MR) is 58.1 cm³/mol. The summed E-state index contributed by atoms with van der Waals surface area (Å²) < 4.78 is 0. The maximum Gasteiger partial charge on any atom is 0.313 e. The number of rotatable bonds is 3. The molecule has 0 aliphatic rings. The van der Waals surface area contributed by atoms with Gasteiger partial charge in [0.1, 0.15) is 5.92 Å². The minimum absolute atomic E-state index is 0.461. The van der Waals surface area contributed by atoms with Gasteiger partial charge in [0, 0.05) is 5.02 Å². The second-order valence-corrected chi connectivity index (χ2v) is 4.42. The van der Waals surface area contributed by atoms with E-state index in [1.165, 1.54) is 13.8 Å². The third-order valence-electron chi connectivity index (χ3n) is 2.14. The lowest BCUT2D eigenvalue weighted by Gasteiger charge is -2.26. The van der Waals surface area contributed by atoms with Crippen LogP contribution in [0.3, 0.4) is 0 Å². The molecule has 2 N–H and O–H groups in total. The standard InChI is InChI=1S/C11H13ClO3/c1-11(2,15)9(10(13)14)7-4-3-5-8(12)6-7/h3-6,9,15H,1-2H3,(H,13,14). The highest BCUT2D eigenvalue weighted by atomic mass is 35.5. The van der Waals surface area contributed by atoms with Gasteiger partial charge in [-0.1, -0.05) is 23.7 Å². The van der Waals surface area contributed by atoms with Crippen LogP contribution in [-0.4, -0.2) is 21.8 Å². The summed E-state index contributed by atoms with van der Waals surface area (Å²) in [6, 6.07) is 6.52. The summed E-state index contributed by atoms with van der Waals surface area (Å²) in [4.78, 5) is 11.1. The van der Waals surface area contributed by atoms with E-state index in [1.807, 2.05) is 0 Å². The zero-order chi connectivity index (χ0) is 11.6.